The molecule has 0 aliphatic carbocycles. The fraction of sp³-hybridized carbons (Fsp3) is 0.222. The van der Waals surface area contributed by atoms with E-state index >= 15 is 0 Å². The zero-order chi connectivity index (χ0) is 11.8. The summed E-state index contributed by atoms with van der Waals surface area (Å²) in [5.74, 6) is 0. The van der Waals surface area contributed by atoms with Crippen molar-refractivity contribution in [2.45, 2.75) is 13.1 Å². The lowest BCUT2D eigenvalue weighted by Gasteiger charge is -2.05. The van der Waals surface area contributed by atoms with Gasteiger partial charge in [-0.05, 0) is 19.1 Å². The maximum atomic E-state index is 12.2. The number of hydrogen-bond donors (Lipinski definition) is 0. The van der Waals surface area contributed by atoms with Crippen LogP contribution in [0.15, 0.2) is 24.5 Å². The highest BCUT2D eigenvalue weighted by Crippen LogP contribution is 2.27. The summed E-state index contributed by atoms with van der Waals surface area (Å²) >= 11 is 0. The molecule has 2 aromatic heterocycles. The second-order valence-corrected chi connectivity index (χ2v) is 3.20. The molecule has 84 valence electrons. The van der Waals surface area contributed by atoms with Gasteiger partial charge in [-0.1, -0.05) is 5.21 Å². The maximum Gasteiger partial charge on any atom is 0.433 e. The molecule has 0 spiro atoms. The van der Waals surface area contributed by atoms with Gasteiger partial charge in [0, 0.05) is 0 Å². The first-order chi connectivity index (χ1) is 7.47. The van der Waals surface area contributed by atoms with E-state index in [-0.39, 0.29) is 0 Å². The van der Waals surface area contributed by atoms with Crippen LogP contribution in [0.1, 0.15) is 11.4 Å². The number of pyridine rings is 1. The van der Waals surface area contributed by atoms with Gasteiger partial charge in [-0.2, -0.15) is 13.2 Å². The van der Waals surface area contributed by atoms with Crippen LogP contribution in [-0.4, -0.2) is 20.0 Å². The molecule has 16 heavy (non-hydrogen) atoms. The summed E-state index contributed by atoms with van der Waals surface area (Å²) in [4.78, 5) is 3.32. The van der Waals surface area contributed by atoms with Crippen molar-refractivity contribution < 1.29 is 13.2 Å². The van der Waals surface area contributed by atoms with Crippen molar-refractivity contribution in [3.05, 3.63) is 35.9 Å². The maximum absolute atomic E-state index is 12.2. The number of nitrogens with zero attached hydrogens (tertiary/aromatic N) is 4. The van der Waals surface area contributed by atoms with Crippen molar-refractivity contribution in [2.24, 2.45) is 0 Å². The highest BCUT2D eigenvalue weighted by molar-refractivity contribution is 5.29. The van der Waals surface area contributed by atoms with Gasteiger partial charge in [-0.3, -0.25) is 0 Å². The summed E-state index contributed by atoms with van der Waals surface area (Å²) in [6.07, 6.45) is -1.71. The fourth-order valence-electron chi connectivity index (χ4n) is 1.16. The van der Waals surface area contributed by atoms with Crippen molar-refractivity contribution in [3.63, 3.8) is 0 Å². The largest absolute Gasteiger partial charge is 0.433 e. The number of hydrogen-bond acceptors (Lipinski definition) is 3. The molecule has 0 aromatic carbocycles. The zero-order valence-electron chi connectivity index (χ0n) is 8.23. The monoisotopic (exact) mass is 228 g/mol. The van der Waals surface area contributed by atoms with Gasteiger partial charge in [0.05, 0.1) is 23.8 Å². The third-order valence-corrected chi connectivity index (χ3v) is 1.91. The van der Waals surface area contributed by atoms with Crippen molar-refractivity contribution in [1.29, 1.82) is 0 Å². The van der Waals surface area contributed by atoms with Crippen LogP contribution in [0.3, 0.4) is 0 Å². The number of rotatable bonds is 1. The molecule has 2 rings (SSSR count). The van der Waals surface area contributed by atoms with Gasteiger partial charge >= 0.3 is 6.18 Å². The van der Waals surface area contributed by atoms with Gasteiger partial charge in [0.1, 0.15) is 5.69 Å². The van der Waals surface area contributed by atoms with Crippen LogP contribution in [0.4, 0.5) is 13.2 Å². The average molecular weight is 228 g/mol. The Morgan fingerprint density at radius 3 is 2.44 bits per heavy atom. The predicted octanol–water partition coefficient (Wildman–Crippen LogP) is 1.99. The van der Waals surface area contributed by atoms with E-state index in [1.807, 2.05) is 0 Å². The van der Waals surface area contributed by atoms with E-state index in [4.69, 9.17) is 0 Å². The number of alkyl halides is 3. The van der Waals surface area contributed by atoms with Gasteiger partial charge in [0.2, 0.25) is 0 Å². The van der Waals surface area contributed by atoms with Crippen molar-refractivity contribution in [1.82, 2.24) is 20.0 Å². The Bertz CT molecular complexity index is 486. The van der Waals surface area contributed by atoms with E-state index in [9.17, 15) is 13.2 Å². The lowest BCUT2D eigenvalue weighted by atomic mass is 10.3. The lowest BCUT2D eigenvalue weighted by molar-refractivity contribution is -0.141. The lowest BCUT2D eigenvalue weighted by Crippen LogP contribution is -2.08. The minimum atomic E-state index is -4.42. The second-order valence-electron chi connectivity index (χ2n) is 3.20. The molecule has 0 N–H and O–H groups in total. The topological polar surface area (TPSA) is 43.6 Å². The quantitative estimate of drug-likeness (QED) is 0.749. The van der Waals surface area contributed by atoms with Crippen molar-refractivity contribution in [2.75, 3.05) is 0 Å². The second kappa shape index (κ2) is 3.58. The van der Waals surface area contributed by atoms with Gasteiger partial charge in [-0.15, -0.1) is 5.10 Å². The normalized spacial score (nSPS) is 11.8. The van der Waals surface area contributed by atoms with Gasteiger partial charge in [-0.25, -0.2) is 9.67 Å². The smallest absolute Gasteiger partial charge is 0.250 e. The van der Waals surface area contributed by atoms with Crippen LogP contribution in [0.25, 0.3) is 5.69 Å². The molecule has 4 nitrogen and oxygen atoms in total. The standard InChI is InChI=1S/C9H7F3N4/c1-6-5-16(15-14-6)7-2-3-8(13-4-7)9(10,11)12/h2-5H,1H3. The molecular weight excluding hydrogens is 221 g/mol. The molecule has 0 amide bonds. The van der Waals surface area contributed by atoms with Crippen molar-refractivity contribution >= 4 is 0 Å². The van der Waals surface area contributed by atoms with Gasteiger partial charge in [0.15, 0.2) is 0 Å². The van der Waals surface area contributed by atoms with Crippen LogP contribution in [0.5, 0.6) is 0 Å². The van der Waals surface area contributed by atoms with Crippen molar-refractivity contribution in [3.8, 4) is 5.69 Å². The third-order valence-electron chi connectivity index (χ3n) is 1.91. The first kappa shape index (κ1) is 10.6. The Hall–Kier alpha value is -1.92. The summed E-state index contributed by atoms with van der Waals surface area (Å²) < 4.78 is 38.1. The zero-order valence-corrected chi connectivity index (χ0v) is 8.23. The Morgan fingerprint density at radius 2 is 2.00 bits per heavy atom. The van der Waals surface area contributed by atoms with Crippen LogP contribution < -0.4 is 0 Å². The van der Waals surface area contributed by atoms with E-state index < -0.39 is 11.9 Å². The number of aryl methyl sites for hydroxylation is 1. The summed E-state index contributed by atoms with van der Waals surface area (Å²) in [5, 5.41) is 7.45. The SMILES string of the molecule is Cc1cn(-c2ccc(C(F)(F)F)nc2)nn1. The minimum absolute atomic E-state index is 0.439. The highest BCUT2D eigenvalue weighted by Gasteiger charge is 2.32. The molecule has 0 saturated heterocycles. The first-order valence-corrected chi connectivity index (χ1v) is 4.39. The predicted molar refractivity (Wildman–Crippen MR) is 48.9 cm³/mol. The Labute approximate surface area is 88.7 Å². The van der Waals surface area contributed by atoms with E-state index in [0.29, 0.717) is 11.4 Å². The molecule has 0 aliphatic heterocycles. The average Bonchev–Trinajstić information content (AvgIpc) is 2.64. The molecule has 0 fully saturated rings. The van der Waals surface area contributed by atoms with Crippen LogP contribution in [-0.2, 0) is 6.18 Å². The summed E-state index contributed by atoms with van der Waals surface area (Å²) in [5.41, 5.74) is 0.196. The van der Waals surface area contributed by atoms with E-state index in [1.165, 1.54) is 10.7 Å². The van der Waals surface area contributed by atoms with E-state index in [2.05, 4.69) is 15.3 Å². The van der Waals surface area contributed by atoms with Crippen LogP contribution in [0, 0.1) is 6.92 Å². The van der Waals surface area contributed by atoms with Gasteiger partial charge < -0.3 is 0 Å². The molecule has 2 heterocycles. The number of aromatic nitrogens is 4. The van der Waals surface area contributed by atoms with E-state index in [1.54, 1.807) is 13.1 Å². The van der Waals surface area contributed by atoms with Crippen LogP contribution in [0.2, 0.25) is 0 Å². The fourth-order valence-corrected chi connectivity index (χ4v) is 1.16. The van der Waals surface area contributed by atoms with Gasteiger partial charge in [0.25, 0.3) is 0 Å². The molecule has 7 heteroatoms. The summed E-state index contributed by atoms with van der Waals surface area (Å²) in [6, 6.07) is 2.20. The Morgan fingerprint density at radius 1 is 1.25 bits per heavy atom. The van der Waals surface area contributed by atoms with E-state index in [0.717, 1.165) is 12.3 Å². The third kappa shape index (κ3) is 2.02. The molecule has 0 unspecified atom stereocenters. The summed E-state index contributed by atoms with van der Waals surface area (Å²) in [6.45, 7) is 1.74. The highest BCUT2D eigenvalue weighted by atomic mass is 19.4. The molecule has 0 radical (unpaired) electrons. The Kier molecular flexibility index (Phi) is 2.37. The molecule has 0 atom stereocenters. The number of halogens is 3. The molecule has 0 aliphatic rings. The van der Waals surface area contributed by atoms with Crippen LogP contribution >= 0.6 is 0 Å². The molecule has 2 aromatic rings. The molecule has 0 bridgehead atoms. The molecular formula is C9H7F3N4. The first-order valence-electron chi connectivity index (χ1n) is 4.39. The molecule has 0 saturated carbocycles. The Balaban J connectivity index is 2.33. The summed E-state index contributed by atoms with van der Waals surface area (Å²) in [7, 11) is 0. The minimum Gasteiger partial charge on any atom is -0.250 e.